The van der Waals surface area contributed by atoms with Crippen LogP contribution in [-0.2, 0) is 4.74 Å². The first-order valence-corrected chi connectivity index (χ1v) is 15.0. The van der Waals surface area contributed by atoms with Crippen LogP contribution in [0.15, 0.2) is 84.9 Å². The molecule has 1 aliphatic rings. The minimum atomic E-state index is -2.22. The SMILES string of the molecule is C[Si](CC(CC[C@@H]1CCCN1)OC(=O)c1ccc([N+](=O)[O-])cc1)(c1ccccc1)c1ccccc1. The fourth-order valence-electron chi connectivity index (χ4n) is 5.00. The second-order valence-corrected chi connectivity index (χ2v) is 13.7. The van der Waals surface area contributed by atoms with Gasteiger partial charge < -0.3 is 10.1 Å². The summed E-state index contributed by atoms with van der Waals surface area (Å²) >= 11 is 0. The Bertz CT molecular complexity index is 1080. The van der Waals surface area contributed by atoms with Crippen LogP contribution in [0.3, 0.4) is 0 Å². The number of nitro benzene ring substituents is 1. The Morgan fingerprint density at radius 2 is 1.63 bits per heavy atom. The molecule has 0 aliphatic carbocycles. The van der Waals surface area contributed by atoms with Crippen molar-refractivity contribution in [2.45, 2.75) is 50.4 Å². The van der Waals surface area contributed by atoms with E-state index in [0.29, 0.717) is 11.6 Å². The van der Waals surface area contributed by atoms with E-state index in [1.165, 1.54) is 41.1 Å². The Kier molecular flexibility index (Phi) is 8.10. The molecule has 1 fully saturated rings. The topological polar surface area (TPSA) is 81.5 Å². The Morgan fingerprint density at radius 1 is 1.03 bits per heavy atom. The van der Waals surface area contributed by atoms with Crippen LogP contribution in [0, 0.1) is 10.1 Å². The highest BCUT2D eigenvalue weighted by Crippen LogP contribution is 2.23. The van der Waals surface area contributed by atoms with Gasteiger partial charge in [0.25, 0.3) is 5.69 Å². The molecule has 1 saturated heterocycles. The third kappa shape index (κ3) is 6.23. The van der Waals surface area contributed by atoms with E-state index < -0.39 is 19.0 Å². The molecule has 1 aliphatic heterocycles. The summed E-state index contributed by atoms with van der Waals surface area (Å²) in [4.78, 5) is 23.6. The van der Waals surface area contributed by atoms with Crippen LogP contribution in [0.25, 0.3) is 0 Å². The summed E-state index contributed by atoms with van der Waals surface area (Å²) in [7, 11) is -2.22. The van der Waals surface area contributed by atoms with E-state index >= 15 is 0 Å². The average molecular weight is 489 g/mol. The van der Waals surface area contributed by atoms with Gasteiger partial charge >= 0.3 is 5.97 Å². The highest BCUT2D eigenvalue weighted by molar-refractivity contribution is 7.01. The molecule has 182 valence electrons. The smallest absolute Gasteiger partial charge is 0.338 e. The number of ether oxygens (including phenoxy) is 1. The Morgan fingerprint density at radius 3 is 2.14 bits per heavy atom. The fourth-order valence-corrected chi connectivity index (χ4v) is 8.86. The highest BCUT2D eigenvalue weighted by Gasteiger charge is 2.36. The van der Waals surface area contributed by atoms with Crippen molar-refractivity contribution in [3.63, 3.8) is 0 Å². The maximum atomic E-state index is 13.1. The minimum absolute atomic E-state index is 0.0430. The predicted octanol–water partition coefficient (Wildman–Crippen LogP) is 4.55. The van der Waals surface area contributed by atoms with Crippen LogP contribution in [0.2, 0.25) is 12.6 Å². The van der Waals surface area contributed by atoms with Crippen molar-refractivity contribution in [1.29, 1.82) is 0 Å². The van der Waals surface area contributed by atoms with Gasteiger partial charge in [-0.2, -0.15) is 0 Å². The number of nitrogens with zero attached hydrogens (tertiary/aromatic N) is 1. The van der Waals surface area contributed by atoms with Gasteiger partial charge in [0.15, 0.2) is 0 Å². The maximum Gasteiger partial charge on any atom is 0.338 e. The molecule has 3 aromatic carbocycles. The van der Waals surface area contributed by atoms with Gasteiger partial charge in [-0.05, 0) is 50.4 Å². The summed E-state index contributed by atoms with van der Waals surface area (Å²) in [5, 5.41) is 17.1. The summed E-state index contributed by atoms with van der Waals surface area (Å²) in [6, 6.07) is 28.0. The Labute approximate surface area is 207 Å². The van der Waals surface area contributed by atoms with Gasteiger partial charge in [-0.1, -0.05) is 77.6 Å². The van der Waals surface area contributed by atoms with Gasteiger partial charge in [0, 0.05) is 18.2 Å². The normalized spacial score (nSPS) is 16.5. The number of hydrogen-bond donors (Lipinski definition) is 1. The van der Waals surface area contributed by atoms with E-state index in [-0.39, 0.29) is 11.8 Å². The summed E-state index contributed by atoms with van der Waals surface area (Å²) < 4.78 is 6.13. The molecule has 4 rings (SSSR count). The number of carbonyl (C=O) groups is 1. The van der Waals surface area contributed by atoms with Crippen LogP contribution in [-0.4, -0.2) is 37.7 Å². The van der Waals surface area contributed by atoms with Gasteiger partial charge in [0.1, 0.15) is 14.2 Å². The third-order valence-electron chi connectivity index (χ3n) is 7.04. The van der Waals surface area contributed by atoms with E-state index in [9.17, 15) is 14.9 Å². The van der Waals surface area contributed by atoms with Crippen molar-refractivity contribution in [2.24, 2.45) is 0 Å². The lowest BCUT2D eigenvalue weighted by atomic mass is 10.1. The monoisotopic (exact) mass is 488 g/mol. The van der Waals surface area contributed by atoms with Gasteiger partial charge in [0.05, 0.1) is 10.5 Å². The first-order chi connectivity index (χ1) is 17.0. The second kappa shape index (κ2) is 11.4. The second-order valence-electron chi connectivity index (χ2n) is 9.47. The number of benzene rings is 3. The standard InChI is InChI=1S/C28H32N2O4Si/c1-35(26-10-4-2-5-11-26,27-12-6-3-7-13-27)21-25(19-16-23-9-8-20-29-23)34-28(31)22-14-17-24(18-15-22)30(32)33/h2-7,10-15,17-18,23,25,29H,8-9,16,19-21H2,1H3/t23-,25?/m0/s1. The molecule has 35 heavy (non-hydrogen) atoms. The lowest BCUT2D eigenvalue weighted by molar-refractivity contribution is -0.384. The van der Waals surface area contributed by atoms with E-state index in [4.69, 9.17) is 4.74 Å². The van der Waals surface area contributed by atoms with Crippen molar-refractivity contribution < 1.29 is 14.5 Å². The fraction of sp³-hybridized carbons (Fsp3) is 0.321. The average Bonchev–Trinajstić information content (AvgIpc) is 3.42. The van der Waals surface area contributed by atoms with Crippen LogP contribution < -0.4 is 15.7 Å². The summed E-state index contributed by atoms with van der Waals surface area (Å²) in [6.07, 6.45) is 3.80. The molecular formula is C28H32N2O4Si. The molecule has 0 bridgehead atoms. The van der Waals surface area contributed by atoms with Crippen LogP contribution in [0.5, 0.6) is 0 Å². The zero-order valence-electron chi connectivity index (χ0n) is 20.1. The summed E-state index contributed by atoms with van der Waals surface area (Å²) in [5.74, 6) is -0.429. The molecule has 0 saturated carbocycles. The first-order valence-electron chi connectivity index (χ1n) is 12.3. The zero-order chi connectivity index (χ0) is 24.7. The Hall–Kier alpha value is -3.29. The summed E-state index contributed by atoms with van der Waals surface area (Å²) in [5.41, 5.74) is 0.293. The van der Waals surface area contributed by atoms with Gasteiger partial charge in [-0.15, -0.1) is 0 Å². The quantitative estimate of drug-likeness (QED) is 0.196. The number of rotatable bonds is 10. The number of carbonyl (C=O) groups excluding carboxylic acids is 1. The number of non-ortho nitro benzene ring substituents is 1. The van der Waals surface area contributed by atoms with Crippen LogP contribution in [0.1, 0.15) is 36.0 Å². The predicted molar refractivity (Wildman–Crippen MR) is 141 cm³/mol. The largest absolute Gasteiger partial charge is 0.459 e. The zero-order valence-corrected chi connectivity index (χ0v) is 21.1. The molecule has 0 aromatic heterocycles. The van der Waals surface area contributed by atoms with Crippen molar-refractivity contribution in [3.05, 3.63) is 101 Å². The Balaban J connectivity index is 1.59. The van der Waals surface area contributed by atoms with E-state index in [0.717, 1.165) is 31.9 Å². The molecule has 1 heterocycles. The van der Waals surface area contributed by atoms with Crippen molar-refractivity contribution in [1.82, 2.24) is 5.32 Å². The highest BCUT2D eigenvalue weighted by atomic mass is 28.3. The van der Waals surface area contributed by atoms with Gasteiger partial charge in [-0.3, -0.25) is 10.1 Å². The molecule has 3 aromatic rings. The van der Waals surface area contributed by atoms with E-state index in [1.807, 2.05) is 12.1 Å². The lowest BCUT2D eigenvalue weighted by Gasteiger charge is -2.33. The van der Waals surface area contributed by atoms with E-state index in [1.54, 1.807) is 0 Å². The maximum absolute atomic E-state index is 13.1. The molecule has 2 atom stereocenters. The van der Waals surface area contributed by atoms with Crippen molar-refractivity contribution in [2.75, 3.05) is 6.54 Å². The number of nitro groups is 1. The molecule has 0 radical (unpaired) electrons. The van der Waals surface area contributed by atoms with Crippen LogP contribution >= 0.6 is 0 Å². The molecule has 0 amide bonds. The number of hydrogen-bond acceptors (Lipinski definition) is 5. The molecule has 6 nitrogen and oxygen atoms in total. The number of nitrogens with one attached hydrogen (secondary N) is 1. The molecule has 1 unspecified atom stereocenters. The third-order valence-corrected chi connectivity index (χ3v) is 11.5. The minimum Gasteiger partial charge on any atom is -0.459 e. The van der Waals surface area contributed by atoms with Gasteiger partial charge in [-0.25, -0.2) is 4.79 Å². The number of esters is 1. The van der Waals surface area contributed by atoms with Gasteiger partial charge in [0.2, 0.25) is 0 Å². The van der Waals surface area contributed by atoms with Crippen LogP contribution in [0.4, 0.5) is 5.69 Å². The van der Waals surface area contributed by atoms with Crippen molar-refractivity contribution in [3.8, 4) is 0 Å². The summed E-state index contributed by atoms with van der Waals surface area (Å²) in [6.45, 7) is 3.39. The molecule has 0 spiro atoms. The first kappa shape index (κ1) is 24.8. The molecule has 7 heteroatoms. The lowest BCUT2D eigenvalue weighted by Crippen LogP contribution is -2.57. The van der Waals surface area contributed by atoms with Crippen molar-refractivity contribution >= 4 is 30.1 Å². The molecule has 1 N–H and O–H groups in total. The van der Waals surface area contributed by atoms with E-state index in [2.05, 4.69) is 60.4 Å². The molecular weight excluding hydrogens is 456 g/mol.